The first-order valence-corrected chi connectivity index (χ1v) is 9.60. The summed E-state index contributed by atoms with van der Waals surface area (Å²) in [6.07, 6.45) is 0.652. The Balaban J connectivity index is 1.57. The molecule has 1 aliphatic heterocycles. The number of para-hydroxylation sites is 1. The molecule has 2 aromatic rings. The number of rotatable bonds is 8. The van der Waals surface area contributed by atoms with Gasteiger partial charge < -0.3 is 19.7 Å². The molecule has 148 valence electrons. The van der Waals surface area contributed by atoms with E-state index in [1.807, 2.05) is 60.7 Å². The van der Waals surface area contributed by atoms with Crippen LogP contribution in [0.15, 0.2) is 60.7 Å². The summed E-state index contributed by atoms with van der Waals surface area (Å²) in [6.45, 7) is 2.43. The lowest BCUT2D eigenvalue weighted by molar-refractivity contribution is -0.140. The van der Waals surface area contributed by atoms with E-state index in [2.05, 4.69) is 5.32 Å². The van der Waals surface area contributed by atoms with Crippen LogP contribution in [-0.4, -0.2) is 55.7 Å². The van der Waals surface area contributed by atoms with Gasteiger partial charge in [0.25, 0.3) is 0 Å². The molecule has 1 fully saturated rings. The molecule has 0 radical (unpaired) electrons. The molecule has 2 amide bonds. The molecule has 1 atom stereocenters. The molecule has 6 nitrogen and oxygen atoms in total. The highest BCUT2D eigenvalue weighted by molar-refractivity contribution is 5.88. The Labute approximate surface area is 165 Å². The topological polar surface area (TPSA) is 67.9 Å². The summed E-state index contributed by atoms with van der Waals surface area (Å²) in [4.78, 5) is 27.2. The normalized spacial score (nSPS) is 14.9. The highest BCUT2D eigenvalue weighted by Gasteiger charge is 2.27. The van der Waals surface area contributed by atoms with Crippen molar-refractivity contribution in [2.24, 2.45) is 0 Å². The molecule has 0 aromatic heterocycles. The second-order valence-corrected chi connectivity index (χ2v) is 6.66. The zero-order valence-corrected chi connectivity index (χ0v) is 15.9. The van der Waals surface area contributed by atoms with E-state index in [1.54, 1.807) is 4.90 Å². The number of hydrogen-bond donors (Lipinski definition) is 1. The smallest absolute Gasteiger partial charge is 0.245 e. The Kier molecular flexibility index (Phi) is 7.44. The summed E-state index contributed by atoms with van der Waals surface area (Å²) < 4.78 is 10.9. The monoisotopic (exact) mass is 382 g/mol. The average molecular weight is 382 g/mol. The van der Waals surface area contributed by atoms with Crippen molar-refractivity contribution in [3.63, 3.8) is 0 Å². The van der Waals surface area contributed by atoms with E-state index in [0.717, 1.165) is 11.3 Å². The van der Waals surface area contributed by atoms with E-state index in [9.17, 15) is 9.59 Å². The number of ether oxygens (including phenoxy) is 2. The minimum absolute atomic E-state index is 0.0653. The van der Waals surface area contributed by atoms with Crippen molar-refractivity contribution < 1.29 is 19.1 Å². The second kappa shape index (κ2) is 10.5. The van der Waals surface area contributed by atoms with Crippen LogP contribution in [0.3, 0.4) is 0 Å². The fraction of sp³-hybridized carbons (Fsp3) is 0.364. The predicted molar refractivity (Wildman–Crippen MR) is 106 cm³/mol. The molecular formula is C22H26N2O4. The summed E-state index contributed by atoms with van der Waals surface area (Å²) in [5, 5.41) is 2.90. The zero-order valence-electron chi connectivity index (χ0n) is 15.9. The molecule has 28 heavy (non-hydrogen) atoms. The van der Waals surface area contributed by atoms with Gasteiger partial charge in [-0.1, -0.05) is 48.5 Å². The Morgan fingerprint density at radius 3 is 2.32 bits per heavy atom. The largest absolute Gasteiger partial charge is 0.493 e. The summed E-state index contributed by atoms with van der Waals surface area (Å²) >= 11 is 0. The van der Waals surface area contributed by atoms with Gasteiger partial charge in [0.15, 0.2) is 0 Å². The van der Waals surface area contributed by atoms with Crippen LogP contribution in [0.5, 0.6) is 5.75 Å². The minimum Gasteiger partial charge on any atom is -0.493 e. The van der Waals surface area contributed by atoms with Gasteiger partial charge in [-0.25, -0.2) is 0 Å². The van der Waals surface area contributed by atoms with E-state index in [1.165, 1.54) is 0 Å². The zero-order chi connectivity index (χ0) is 19.6. The van der Waals surface area contributed by atoms with Gasteiger partial charge in [0, 0.05) is 19.5 Å². The Morgan fingerprint density at radius 1 is 1.00 bits per heavy atom. The van der Waals surface area contributed by atoms with Gasteiger partial charge in [0.2, 0.25) is 11.8 Å². The lowest BCUT2D eigenvalue weighted by Crippen LogP contribution is -2.52. The van der Waals surface area contributed by atoms with Crippen LogP contribution >= 0.6 is 0 Å². The molecule has 6 heteroatoms. The molecule has 0 aliphatic carbocycles. The highest BCUT2D eigenvalue weighted by atomic mass is 16.5. The van der Waals surface area contributed by atoms with Crippen molar-refractivity contribution in [1.29, 1.82) is 0 Å². The van der Waals surface area contributed by atoms with Crippen molar-refractivity contribution in [2.75, 3.05) is 32.9 Å². The summed E-state index contributed by atoms with van der Waals surface area (Å²) in [6, 6.07) is 18.5. The Morgan fingerprint density at radius 2 is 1.64 bits per heavy atom. The van der Waals surface area contributed by atoms with Gasteiger partial charge in [0.05, 0.1) is 26.2 Å². The van der Waals surface area contributed by atoms with Crippen molar-refractivity contribution in [1.82, 2.24) is 10.2 Å². The van der Waals surface area contributed by atoms with E-state index < -0.39 is 6.04 Å². The Bertz CT molecular complexity index is 746. The molecule has 0 bridgehead atoms. The van der Waals surface area contributed by atoms with Crippen LogP contribution < -0.4 is 10.1 Å². The van der Waals surface area contributed by atoms with Crippen LogP contribution in [0, 0.1) is 0 Å². The highest BCUT2D eigenvalue weighted by Crippen LogP contribution is 2.10. The van der Waals surface area contributed by atoms with Gasteiger partial charge in [-0.15, -0.1) is 0 Å². The molecule has 3 rings (SSSR count). The van der Waals surface area contributed by atoms with Crippen LogP contribution in [0.4, 0.5) is 0 Å². The summed E-state index contributed by atoms with van der Waals surface area (Å²) in [5.74, 6) is 0.462. The molecule has 1 heterocycles. The van der Waals surface area contributed by atoms with Gasteiger partial charge in [0.1, 0.15) is 11.8 Å². The first-order valence-electron chi connectivity index (χ1n) is 9.60. The van der Waals surface area contributed by atoms with Crippen molar-refractivity contribution in [3.05, 3.63) is 66.2 Å². The standard InChI is InChI=1S/C22H26N2O4/c25-21(11-14-28-19-9-5-2-6-10-19)23-20(17-18-7-3-1-4-8-18)22(26)24-12-15-27-16-13-24/h1-10,20H,11-17H2,(H,23,25)/t20-/m0/s1. The van der Waals surface area contributed by atoms with E-state index >= 15 is 0 Å². The number of nitrogens with one attached hydrogen (secondary N) is 1. The van der Waals surface area contributed by atoms with E-state index in [-0.39, 0.29) is 24.8 Å². The third kappa shape index (κ3) is 6.09. The number of carbonyl (C=O) groups excluding carboxylic acids is 2. The van der Waals surface area contributed by atoms with Crippen LogP contribution in [0.25, 0.3) is 0 Å². The van der Waals surface area contributed by atoms with Crippen molar-refractivity contribution in [3.8, 4) is 5.75 Å². The molecule has 1 aliphatic rings. The van der Waals surface area contributed by atoms with E-state index in [4.69, 9.17) is 9.47 Å². The first-order chi connectivity index (χ1) is 13.7. The molecule has 1 N–H and O–H groups in total. The number of benzene rings is 2. The molecular weight excluding hydrogens is 356 g/mol. The molecule has 0 saturated carbocycles. The number of carbonyl (C=O) groups is 2. The summed E-state index contributed by atoms with van der Waals surface area (Å²) in [7, 11) is 0. The predicted octanol–water partition coefficient (Wildman–Crippen LogP) is 2.04. The van der Waals surface area contributed by atoms with Gasteiger partial charge >= 0.3 is 0 Å². The van der Waals surface area contributed by atoms with Crippen LogP contribution in [0.2, 0.25) is 0 Å². The lowest BCUT2D eigenvalue weighted by atomic mass is 10.0. The van der Waals surface area contributed by atoms with Crippen LogP contribution in [-0.2, 0) is 20.7 Å². The first kappa shape index (κ1) is 19.9. The van der Waals surface area contributed by atoms with Crippen molar-refractivity contribution in [2.45, 2.75) is 18.9 Å². The number of amides is 2. The fourth-order valence-electron chi connectivity index (χ4n) is 3.10. The number of hydrogen-bond acceptors (Lipinski definition) is 4. The second-order valence-electron chi connectivity index (χ2n) is 6.66. The van der Waals surface area contributed by atoms with Gasteiger partial charge in [-0.3, -0.25) is 9.59 Å². The number of morpholine rings is 1. The molecule has 0 spiro atoms. The molecule has 0 unspecified atom stereocenters. The Hall–Kier alpha value is -2.86. The summed E-state index contributed by atoms with van der Waals surface area (Å²) in [5.41, 5.74) is 1.01. The maximum absolute atomic E-state index is 13.0. The maximum Gasteiger partial charge on any atom is 0.245 e. The third-order valence-corrected chi connectivity index (χ3v) is 4.58. The van der Waals surface area contributed by atoms with Gasteiger partial charge in [-0.05, 0) is 17.7 Å². The van der Waals surface area contributed by atoms with E-state index in [0.29, 0.717) is 32.7 Å². The quantitative estimate of drug-likeness (QED) is 0.759. The fourth-order valence-corrected chi connectivity index (χ4v) is 3.10. The molecule has 2 aromatic carbocycles. The maximum atomic E-state index is 13.0. The average Bonchev–Trinajstić information content (AvgIpc) is 2.75. The SMILES string of the molecule is O=C(CCOc1ccccc1)N[C@@H](Cc1ccccc1)C(=O)N1CCOCC1. The lowest BCUT2D eigenvalue weighted by Gasteiger charge is -2.31. The minimum atomic E-state index is -0.593. The van der Waals surface area contributed by atoms with Gasteiger partial charge in [-0.2, -0.15) is 0 Å². The third-order valence-electron chi connectivity index (χ3n) is 4.58. The molecule has 1 saturated heterocycles. The van der Waals surface area contributed by atoms with Crippen molar-refractivity contribution >= 4 is 11.8 Å². The van der Waals surface area contributed by atoms with Crippen LogP contribution in [0.1, 0.15) is 12.0 Å². The number of nitrogens with zero attached hydrogens (tertiary/aromatic N) is 1.